The molecule has 3 aromatic rings. The molecular weight excluding hydrogens is 378 g/mol. The van der Waals surface area contributed by atoms with E-state index in [1.54, 1.807) is 23.0 Å². The van der Waals surface area contributed by atoms with Gasteiger partial charge in [-0.15, -0.1) is 0 Å². The van der Waals surface area contributed by atoms with E-state index in [0.717, 1.165) is 62.3 Å². The summed E-state index contributed by atoms with van der Waals surface area (Å²) >= 11 is 0. The van der Waals surface area contributed by atoms with Crippen LogP contribution in [-0.2, 0) is 6.54 Å². The lowest BCUT2D eigenvalue weighted by atomic mass is 10.0. The van der Waals surface area contributed by atoms with Crippen molar-refractivity contribution in [1.82, 2.24) is 29.2 Å². The minimum Gasteiger partial charge on any atom is -0.356 e. The van der Waals surface area contributed by atoms with Crippen LogP contribution < -0.4 is 10.5 Å². The highest BCUT2D eigenvalue weighted by molar-refractivity contribution is 5.45. The van der Waals surface area contributed by atoms with Gasteiger partial charge in [-0.05, 0) is 37.8 Å². The summed E-state index contributed by atoms with van der Waals surface area (Å²) in [5, 5.41) is 4.54. The van der Waals surface area contributed by atoms with Gasteiger partial charge >= 0.3 is 0 Å². The normalized spacial score (nSPS) is 21.3. The molecule has 5 rings (SSSR count). The molecule has 0 aromatic carbocycles. The van der Waals surface area contributed by atoms with Crippen molar-refractivity contribution in [1.29, 1.82) is 0 Å². The zero-order valence-electron chi connectivity index (χ0n) is 17.5. The molecule has 30 heavy (non-hydrogen) atoms. The van der Waals surface area contributed by atoms with Gasteiger partial charge < -0.3 is 14.4 Å². The van der Waals surface area contributed by atoms with E-state index in [0.29, 0.717) is 11.8 Å². The first kappa shape index (κ1) is 19.0. The SMILES string of the molecule is Cc1cc(C)n(-c2cc(N3CC4CN(CCn5ccccc5=O)CC4C3)ncn2)n1. The van der Waals surface area contributed by atoms with Crippen LogP contribution in [0.15, 0.2) is 47.7 Å². The molecule has 2 aliphatic rings. The minimum absolute atomic E-state index is 0.0743. The molecule has 8 nitrogen and oxygen atoms in total. The summed E-state index contributed by atoms with van der Waals surface area (Å²) in [6.07, 6.45) is 3.51. The molecule has 0 radical (unpaired) electrons. The third-order valence-corrected chi connectivity index (χ3v) is 6.31. The summed E-state index contributed by atoms with van der Waals surface area (Å²) < 4.78 is 3.67. The second kappa shape index (κ2) is 7.68. The Labute approximate surface area is 175 Å². The average molecular weight is 406 g/mol. The Morgan fingerprint density at radius 3 is 2.43 bits per heavy atom. The molecule has 0 saturated carbocycles. The average Bonchev–Trinajstić information content (AvgIpc) is 3.40. The van der Waals surface area contributed by atoms with Crippen molar-refractivity contribution in [2.24, 2.45) is 11.8 Å². The number of nitrogens with zero attached hydrogens (tertiary/aromatic N) is 7. The molecule has 2 saturated heterocycles. The van der Waals surface area contributed by atoms with Crippen LogP contribution in [0.25, 0.3) is 5.82 Å². The Bertz CT molecular complexity index is 1090. The standard InChI is InChI=1S/C22H27N7O/c1-16-9-17(2)29(25-16)21-10-20(23-15-24-21)28-13-18-11-26(12-19(18)14-28)7-8-27-6-4-3-5-22(27)30/h3-6,9-10,15,18-19H,7-8,11-14H2,1-2H3. The summed E-state index contributed by atoms with van der Waals surface area (Å²) in [4.78, 5) is 25.7. The smallest absolute Gasteiger partial charge is 0.250 e. The first-order chi connectivity index (χ1) is 14.6. The van der Waals surface area contributed by atoms with E-state index in [1.807, 2.05) is 36.9 Å². The third kappa shape index (κ3) is 3.63. The molecule has 2 unspecified atom stereocenters. The lowest BCUT2D eigenvalue weighted by Crippen LogP contribution is -2.32. The van der Waals surface area contributed by atoms with Gasteiger partial charge in [-0.3, -0.25) is 4.79 Å². The van der Waals surface area contributed by atoms with Gasteiger partial charge in [0.05, 0.1) is 5.69 Å². The molecule has 0 amide bonds. The van der Waals surface area contributed by atoms with E-state index < -0.39 is 0 Å². The molecule has 2 aliphatic heterocycles. The Morgan fingerprint density at radius 1 is 0.967 bits per heavy atom. The van der Waals surface area contributed by atoms with Crippen molar-refractivity contribution in [2.75, 3.05) is 37.6 Å². The van der Waals surface area contributed by atoms with E-state index in [9.17, 15) is 4.79 Å². The molecule has 2 fully saturated rings. The molecule has 3 aromatic heterocycles. The zero-order chi connectivity index (χ0) is 20.7. The van der Waals surface area contributed by atoms with Gasteiger partial charge in [-0.1, -0.05) is 6.07 Å². The Hall–Kier alpha value is -3.00. The van der Waals surface area contributed by atoms with E-state index in [2.05, 4.69) is 30.9 Å². The Kier molecular flexibility index (Phi) is 4.86. The van der Waals surface area contributed by atoms with Gasteiger partial charge in [0.2, 0.25) is 0 Å². The number of pyridine rings is 1. The van der Waals surface area contributed by atoms with Gasteiger partial charge in [0, 0.05) is 63.3 Å². The maximum atomic E-state index is 11.9. The number of rotatable bonds is 5. The minimum atomic E-state index is 0.0743. The van der Waals surface area contributed by atoms with Crippen LogP contribution in [-0.4, -0.2) is 61.9 Å². The lowest BCUT2D eigenvalue weighted by molar-refractivity contribution is 0.301. The fraction of sp³-hybridized carbons (Fsp3) is 0.455. The summed E-state index contributed by atoms with van der Waals surface area (Å²) in [5.74, 6) is 3.08. The van der Waals surface area contributed by atoms with Crippen molar-refractivity contribution in [2.45, 2.75) is 20.4 Å². The largest absolute Gasteiger partial charge is 0.356 e. The molecule has 0 spiro atoms. The second-order valence-corrected chi connectivity index (χ2v) is 8.49. The van der Waals surface area contributed by atoms with Crippen LogP contribution in [0, 0.1) is 25.7 Å². The number of aromatic nitrogens is 5. The van der Waals surface area contributed by atoms with Crippen molar-refractivity contribution in [3.63, 3.8) is 0 Å². The van der Waals surface area contributed by atoms with Crippen molar-refractivity contribution in [3.8, 4) is 5.82 Å². The molecule has 2 atom stereocenters. The fourth-order valence-corrected chi connectivity index (χ4v) is 4.84. The monoisotopic (exact) mass is 405 g/mol. The summed E-state index contributed by atoms with van der Waals surface area (Å²) in [7, 11) is 0. The highest BCUT2D eigenvalue weighted by Gasteiger charge is 2.40. The number of fused-ring (bicyclic) bond motifs is 1. The second-order valence-electron chi connectivity index (χ2n) is 8.49. The van der Waals surface area contributed by atoms with Gasteiger partial charge in [0.15, 0.2) is 5.82 Å². The Balaban J connectivity index is 1.22. The molecule has 0 bridgehead atoms. The lowest BCUT2D eigenvalue weighted by Gasteiger charge is -2.22. The topological polar surface area (TPSA) is 72.1 Å². The van der Waals surface area contributed by atoms with Gasteiger partial charge in [0.25, 0.3) is 5.56 Å². The molecule has 156 valence electrons. The third-order valence-electron chi connectivity index (χ3n) is 6.31. The van der Waals surface area contributed by atoms with E-state index >= 15 is 0 Å². The molecular formula is C22H27N7O. The van der Waals surface area contributed by atoms with Crippen molar-refractivity contribution < 1.29 is 0 Å². The van der Waals surface area contributed by atoms with Crippen LogP contribution in [0.4, 0.5) is 5.82 Å². The summed E-state index contributed by atoms with van der Waals surface area (Å²) in [6, 6.07) is 9.43. The highest BCUT2D eigenvalue weighted by Crippen LogP contribution is 2.33. The van der Waals surface area contributed by atoms with Crippen molar-refractivity contribution >= 4 is 5.82 Å². The van der Waals surface area contributed by atoms with Crippen molar-refractivity contribution in [3.05, 3.63) is 64.6 Å². The highest BCUT2D eigenvalue weighted by atomic mass is 16.1. The van der Waals surface area contributed by atoms with Crippen LogP contribution in [0.3, 0.4) is 0 Å². The summed E-state index contributed by atoms with van der Waals surface area (Å²) in [6.45, 7) is 9.90. The Morgan fingerprint density at radius 2 is 1.73 bits per heavy atom. The number of anilines is 1. The van der Waals surface area contributed by atoms with Crippen LogP contribution in [0.1, 0.15) is 11.4 Å². The summed E-state index contributed by atoms with van der Waals surface area (Å²) in [5.41, 5.74) is 2.13. The van der Waals surface area contributed by atoms with E-state index in [-0.39, 0.29) is 5.56 Å². The predicted molar refractivity (Wildman–Crippen MR) is 115 cm³/mol. The number of likely N-dealkylation sites (tertiary alicyclic amines) is 1. The first-order valence-electron chi connectivity index (χ1n) is 10.6. The quantitative estimate of drug-likeness (QED) is 0.641. The number of aryl methyl sites for hydroxylation is 2. The molecule has 8 heteroatoms. The van der Waals surface area contributed by atoms with E-state index in [1.165, 1.54) is 0 Å². The molecule has 5 heterocycles. The maximum Gasteiger partial charge on any atom is 0.250 e. The predicted octanol–water partition coefficient (Wildman–Crippen LogP) is 1.51. The molecule has 0 aliphatic carbocycles. The van der Waals surface area contributed by atoms with Gasteiger partial charge in [0.1, 0.15) is 12.1 Å². The van der Waals surface area contributed by atoms with Crippen LogP contribution >= 0.6 is 0 Å². The van der Waals surface area contributed by atoms with E-state index in [4.69, 9.17) is 0 Å². The number of hydrogen-bond donors (Lipinski definition) is 0. The maximum absolute atomic E-state index is 11.9. The van der Waals surface area contributed by atoms with Gasteiger partial charge in [-0.25, -0.2) is 14.6 Å². The zero-order valence-corrected chi connectivity index (χ0v) is 17.5. The molecule has 0 N–H and O–H groups in total. The fourth-order valence-electron chi connectivity index (χ4n) is 4.84. The first-order valence-corrected chi connectivity index (χ1v) is 10.6. The number of hydrogen-bond acceptors (Lipinski definition) is 6. The van der Waals surface area contributed by atoms with Gasteiger partial charge in [-0.2, -0.15) is 5.10 Å². The van der Waals surface area contributed by atoms with Crippen LogP contribution in [0.5, 0.6) is 0 Å². The van der Waals surface area contributed by atoms with Crippen LogP contribution in [0.2, 0.25) is 0 Å².